The molecule has 0 saturated carbocycles. The molecule has 0 aliphatic heterocycles. The second-order valence-corrected chi connectivity index (χ2v) is 3.19. The van der Waals surface area contributed by atoms with Gasteiger partial charge in [0.2, 0.25) is 0 Å². The summed E-state index contributed by atoms with van der Waals surface area (Å²) in [5.41, 5.74) is 0. The number of nitrogens with one attached hydrogen (secondary N) is 1. The van der Waals surface area contributed by atoms with Crippen molar-refractivity contribution in [1.82, 2.24) is 20.6 Å². The summed E-state index contributed by atoms with van der Waals surface area (Å²) in [5, 5.41) is 13.7. The molecule has 0 aliphatic carbocycles. The van der Waals surface area contributed by atoms with Crippen molar-refractivity contribution in [1.29, 1.82) is 0 Å². The summed E-state index contributed by atoms with van der Waals surface area (Å²) in [4.78, 5) is 0. The second kappa shape index (κ2) is 7.44. The molecule has 0 aliphatic rings. The first-order chi connectivity index (χ1) is 6.93. The zero-order valence-electron chi connectivity index (χ0n) is 8.70. The van der Waals surface area contributed by atoms with E-state index in [0.717, 1.165) is 38.3 Å². The van der Waals surface area contributed by atoms with Crippen molar-refractivity contribution in [2.24, 2.45) is 0 Å². The van der Waals surface area contributed by atoms with Crippen LogP contribution in [0, 0.1) is 0 Å². The van der Waals surface area contributed by atoms with Crippen molar-refractivity contribution in [2.45, 2.75) is 39.0 Å². The Labute approximate surface area is 84.2 Å². The third-order valence-electron chi connectivity index (χ3n) is 2.03. The van der Waals surface area contributed by atoms with Gasteiger partial charge in [-0.15, -0.1) is 10.2 Å². The molecule has 0 bridgehead atoms. The zero-order chi connectivity index (χ0) is 10.1. The SMILES string of the molecule is CCOCCCCCCc1nn[nH]n1. The predicted octanol–water partition coefficient (Wildman–Crippen LogP) is 1.34. The fourth-order valence-corrected chi connectivity index (χ4v) is 1.27. The first-order valence-electron chi connectivity index (χ1n) is 5.23. The molecule has 5 nitrogen and oxygen atoms in total. The molecular formula is C9H18N4O. The average Bonchev–Trinajstić information content (AvgIpc) is 2.69. The molecule has 80 valence electrons. The van der Waals surface area contributed by atoms with Crippen LogP contribution in [0.15, 0.2) is 0 Å². The number of H-pyrrole nitrogens is 1. The fourth-order valence-electron chi connectivity index (χ4n) is 1.27. The number of tetrazole rings is 1. The molecule has 0 atom stereocenters. The highest BCUT2D eigenvalue weighted by atomic mass is 16.5. The molecule has 0 saturated heterocycles. The van der Waals surface area contributed by atoms with Crippen LogP contribution < -0.4 is 0 Å². The van der Waals surface area contributed by atoms with E-state index in [1.54, 1.807) is 0 Å². The van der Waals surface area contributed by atoms with E-state index in [2.05, 4.69) is 20.6 Å². The van der Waals surface area contributed by atoms with Gasteiger partial charge >= 0.3 is 0 Å². The highest BCUT2D eigenvalue weighted by Gasteiger charge is 1.97. The molecule has 0 aromatic carbocycles. The number of hydrogen-bond donors (Lipinski definition) is 1. The Balaban J connectivity index is 1.85. The van der Waals surface area contributed by atoms with E-state index in [1.807, 2.05) is 6.92 Å². The van der Waals surface area contributed by atoms with Crippen LogP contribution in [-0.4, -0.2) is 33.8 Å². The molecule has 0 radical (unpaired) electrons. The van der Waals surface area contributed by atoms with E-state index in [9.17, 15) is 0 Å². The predicted molar refractivity (Wildman–Crippen MR) is 52.8 cm³/mol. The van der Waals surface area contributed by atoms with Crippen LogP contribution in [0.2, 0.25) is 0 Å². The summed E-state index contributed by atoms with van der Waals surface area (Å²) >= 11 is 0. The van der Waals surface area contributed by atoms with Gasteiger partial charge in [-0.2, -0.15) is 5.21 Å². The first kappa shape index (κ1) is 11.1. The maximum Gasteiger partial charge on any atom is 0.174 e. The summed E-state index contributed by atoms with van der Waals surface area (Å²) in [5.74, 6) is 0.815. The summed E-state index contributed by atoms with van der Waals surface area (Å²) in [6, 6.07) is 0. The van der Waals surface area contributed by atoms with Crippen LogP contribution in [0.5, 0.6) is 0 Å². The smallest absolute Gasteiger partial charge is 0.174 e. The Kier molecular flexibility index (Phi) is 5.90. The molecule has 1 aromatic rings. The van der Waals surface area contributed by atoms with Crippen LogP contribution in [0.3, 0.4) is 0 Å². The van der Waals surface area contributed by atoms with Crippen molar-refractivity contribution in [3.63, 3.8) is 0 Å². The quantitative estimate of drug-likeness (QED) is 0.640. The number of aryl methyl sites for hydroxylation is 1. The Morgan fingerprint density at radius 3 is 2.79 bits per heavy atom. The van der Waals surface area contributed by atoms with Gasteiger partial charge in [-0.3, -0.25) is 0 Å². The summed E-state index contributed by atoms with van der Waals surface area (Å²) in [6.07, 6.45) is 5.64. The minimum absolute atomic E-state index is 0.815. The molecule has 0 amide bonds. The highest BCUT2D eigenvalue weighted by molar-refractivity contribution is 4.74. The molecule has 0 fully saturated rings. The third kappa shape index (κ3) is 4.91. The van der Waals surface area contributed by atoms with Crippen molar-refractivity contribution in [3.8, 4) is 0 Å². The van der Waals surface area contributed by atoms with Crippen molar-refractivity contribution < 1.29 is 4.74 Å². The van der Waals surface area contributed by atoms with Crippen LogP contribution in [-0.2, 0) is 11.2 Å². The fraction of sp³-hybridized carbons (Fsp3) is 0.889. The van der Waals surface area contributed by atoms with E-state index in [0.29, 0.717) is 0 Å². The lowest BCUT2D eigenvalue weighted by Crippen LogP contribution is -1.94. The Hall–Kier alpha value is -0.970. The van der Waals surface area contributed by atoms with Gasteiger partial charge in [0.05, 0.1) is 0 Å². The van der Waals surface area contributed by atoms with Crippen molar-refractivity contribution in [3.05, 3.63) is 5.82 Å². The van der Waals surface area contributed by atoms with E-state index < -0.39 is 0 Å². The molecular weight excluding hydrogens is 180 g/mol. The number of aromatic amines is 1. The van der Waals surface area contributed by atoms with Crippen LogP contribution in [0.1, 0.15) is 38.4 Å². The minimum Gasteiger partial charge on any atom is -0.382 e. The van der Waals surface area contributed by atoms with Crippen molar-refractivity contribution >= 4 is 0 Å². The summed E-state index contributed by atoms with van der Waals surface area (Å²) < 4.78 is 5.25. The maximum absolute atomic E-state index is 5.25. The Morgan fingerprint density at radius 2 is 2.07 bits per heavy atom. The monoisotopic (exact) mass is 198 g/mol. The summed E-state index contributed by atoms with van der Waals surface area (Å²) in [6.45, 7) is 3.73. The lowest BCUT2D eigenvalue weighted by molar-refractivity contribution is 0.143. The number of ether oxygens (including phenoxy) is 1. The van der Waals surface area contributed by atoms with Gasteiger partial charge in [0.1, 0.15) is 0 Å². The molecule has 1 N–H and O–H groups in total. The molecule has 14 heavy (non-hydrogen) atoms. The topological polar surface area (TPSA) is 63.7 Å². The number of rotatable bonds is 8. The van der Waals surface area contributed by atoms with E-state index >= 15 is 0 Å². The molecule has 1 rings (SSSR count). The number of aromatic nitrogens is 4. The Bertz CT molecular complexity index is 213. The largest absolute Gasteiger partial charge is 0.382 e. The normalized spacial score (nSPS) is 10.6. The molecule has 0 spiro atoms. The zero-order valence-corrected chi connectivity index (χ0v) is 8.70. The standard InChI is InChI=1S/C9H18N4O/c1-2-14-8-6-4-3-5-7-9-10-12-13-11-9/h2-8H2,1H3,(H,10,11,12,13). The molecule has 1 heterocycles. The lowest BCUT2D eigenvalue weighted by Gasteiger charge is -2.00. The molecule has 5 heteroatoms. The van der Waals surface area contributed by atoms with E-state index in [-0.39, 0.29) is 0 Å². The first-order valence-corrected chi connectivity index (χ1v) is 5.23. The van der Waals surface area contributed by atoms with Gasteiger partial charge in [0.25, 0.3) is 0 Å². The minimum atomic E-state index is 0.815. The van der Waals surface area contributed by atoms with Gasteiger partial charge < -0.3 is 4.74 Å². The van der Waals surface area contributed by atoms with E-state index in [4.69, 9.17) is 4.74 Å². The average molecular weight is 198 g/mol. The van der Waals surface area contributed by atoms with Gasteiger partial charge in [-0.25, -0.2) is 0 Å². The van der Waals surface area contributed by atoms with Gasteiger partial charge in [0.15, 0.2) is 5.82 Å². The van der Waals surface area contributed by atoms with Gasteiger partial charge in [-0.05, 0) is 19.8 Å². The Morgan fingerprint density at radius 1 is 1.21 bits per heavy atom. The number of hydrogen-bond acceptors (Lipinski definition) is 4. The van der Waals surface area contributed by atoms with Crippen LogP contribution >= 0.6 is 0 Å². The number of nitrogens with zero attached hydrogens (tertiary/aromatic N) is 3. The van der Waals surface area contributed by atoms with Gasteiger partial charge in [0, 0.05) is 19.6 Å². The maximum atomic E-state index is 5.25. The summed E-state index contributed by atoms with van der Waals surface area (Å²) in [7, 11) is 0. The molecule has 1 aromatic heterocycles. The van der Waals surface area contributed by atoms with Crippen LogP contribution in [0.4, 0.5) is 0 Å². The highest BCUT2D eigenvalue weighted by Crippen LogP contribution is 2.03. The third-order valence-corrected chi connectivity index (χ3v) is 2.03. The lowest BCUT2D eigenvalue weighted by atomic mass is 10.1. The molecule has 0 unspecified atom stereocenters. The van der Waals surface area contributed by atoms with Crippen LogP contribution in [0.25, 0.3) is 0 Å². The van der Waals surface area contributed by atoms with E-state index in [1.165, 1.54) is 12.8 Å². The van der Waals surface area contributed by atoms with Crippen molar-refractivity contribution in [2.75, 3.05) is 13.2 Å². The van der Waals surface area contributed by atoms with Gasteiger partial charge in [-0.1, -0.05) is 18.1 Å². The second-order valence-electron chi connectivity index (χ2n) is 3.19. The number of unbranched alkanes of at least 4 members (excludes halogenated alkanes) is 3.